The molecule has 2 fully saturated rings. The predicted octanol–water partition coefficient (Wildman–Crippen LogP) is 4.51. The highest BCUT2D eigenvalue weighted by molar-refractivity contribution is 6.31. The van der Waals surface area contributed by atoms with Gasteiger partial charge >= 0.3 is 6.09 Å². The number of methoxy groups -OCH3 is 1. The van der Waals surface area contributed by atoms with Crippen molar-refractivity contribution < 1.29 is 14.6 Å². The molecule has 4 atom stereocenters. The van der Waals surface area contributed by atoms with E-state index in [9.17, 15) is 9.90 Å². The number of carbonyl (C=O) groups is 1. The first-order valence-corrected chi connectivity index (χ1v) is 8.70. The maximum absolute atomic E-state index is 12.0. The molecule has 2 aliphatic carbocycles. The molecular formula is C18H24ClNO3. The summed E-state index contributed by atoms with van der Waals surface area (Å²) in [4.78, 5) is 13.5. The zero-order chi connectivity index (χ0) is 16.6. The number of nitrogens with zero attached hydrogens (tertiary/aromatic N) is 1. The maximum atomic E-state index is 12.0. The van der Waals surface area contributed by atoms with Crippen molar-refractivity contribution in [2.45, 2.75) is 56.7 Å². The van der Waals surface area contributed by atoms with Crippen LogP contribution < -0.4 is 0 Å². The molecule has 2 saturated carbocycles. The van der Waals surface area contributed by atoms with E-state index in [4.69, 9.17) is 16.3 Å². The minimum Gasteiger partial charge on any atom is -0.465 e. The van der Waals surface area contributed by atoms with Crippen LogP contribution in [0.25, 0.3) is 0 Å². The van der Waals surface area contributed by atoms with Crippen molar-refractivity contribution in [2.24, 2.45) is 5.92 Å². The lowest BCUT2D eigenvalue weighted by atomic mass is 9.73. The summed E-state index contributed by atoms with van der Waals surface area (Å²) >= 11 is 6.49. The molecule has 0 radical (unpaired) electrons. The van der Waals surface area contributed by atoms with Gasteiger partial charge in [0.25, 0.3) is 0 Å². The number of ether oxygens (including phenoxy) is 1. The van der Waals surface area contributed by atoms with Gasteiger partial charge in [-0.3, -0.25) is 4.90 Å². The minimum absolute atomic E-state index is 0.0662. The Morgan fingerprint density at radius 2 is 2.26 bits per heavy atom. The molecule has 0 saturated heterocycles. The average molecular weight is 338 g/mol. The summed E-state index contributed by atoms with van der Waals surface area (Å²) in [6, 6.07) is 7.84. The van der Waals surface area contributed by atoms with Gasteiger partial charge in [-0.15, -0.1) is 0 Å². The van der Waals surface area contributed by atoms with Gasteiger partial charge in [0.1, 0.15) is 6.23 Å². The highest BCUT2D eigenvalue weighted by Gasteiger charge is 2.57. The molecule has 0 aromatic heterocycles. The third-order valence-electron chi connectivity index (χ3n) is 5.74. The fraction of sp³-hybridized carbons (Fsp3) is 0.611. The summed E-state index contributed by atoms with van der Waals surface area (Å²) in [6.45, 7) is 1.96. The van der Waals surface area contributed by atoms with Crippen LogP contribution in [0.15, 0.2) is 24.3 Å². The topological polar surface area (TPSA) is 49.8 Å². The Bertz CT molecular complexity index is 589. The van der Waals surface area contributed by atoms with E-state index in [1.54, 1.807) is 12.0 Å². The monoisotopic (exact) mass is 337 g/mol. The van der Waals surface area contributed by atoms with Gasteiger partial charge in [0.2, 0.25) is 0 Å². The predicted molar refractivity (Wildman–Crippen MR) is 89.8 cm³/mol. The number of fused-ring (bicyclic) bond motifs is 2. The van der Waals surface area contributed by atoms with Crippen molar-refractivity contribution in [3.8, 4) is 0 Å². The summed E-state index contributed by atoms with van der Waals surface area (Å²) < 4.78 is 5.47. The van der Waals surface area contributed by atoms with Crippen LogP contribution in [-0.2, 0) is 10.2 Å². The molecule has 2 aliphatic rings. The summed E-state index contributed by atoms with van der Waals surface area (Å²) in [5.41, 5.74) is 0.928. The fourth-order valence-electron chi connectivity index (χ4n) is 4.83. The zero-order valence-corrected chi connectivity index (χ0v) is 14.4. The van der Waals surface area contributed by atoms with Crippen LogP contribution in [-0.4, -0.2) is 35.5 Å². The second-order valence-corrected chi connectivity index (χ2v) is 7.19. The number of benzene rings is 1. The highest BCUT2D eigenvalue weighted by Crippen LogP contribution is 2.58. The van der Waals surface area contributed by atoms with Crippen LogP contribution in [0.2, 0.25) is 5.02 Å². The van der Waals surface area contributed by atoms with Crippen LogP contribution in [0.4, 0.5) is 4.79 Å². The molecule has 1 aromatic rings. The fourth-order valence-corrected chi connectivity index (χ4v) is 5.15. The summed E-state index contributed by atoms with van der Waals surface area (Å²) in [7, 11) is 1.58. The second kappa shape index (κ2) is 6.33. The van der Waals surface area contributed by atoms with Crippen molar-refractivity contribution >= 4 is 17.7 Å². The Kier molecular flexibility index (Phi) is 4.56. The van der Waals surface area contributed by atoms with Gasteiger partial charge < -0.3 is 9.84 Å². The largest absolute Gasteiger partial charge is 0.465 e. The Morgan fingerprint density at radius 1 is 1.52 bits per heavy atom. The van der Waals surface area contributed by atoms with Crippen LogP contribution in [0.1, 0.15) is 44.6 Å². The number of rotatable bonds is 5. The van der Waals surface area contributed by atoms with Gasteiger partial charge in [-0.05, 0) is 49.7 Å². The first kappa shape index (κ1) is 16.6. The first-order valence-electron chi connectivity index (χ1n) is 8.32. The maximum Gasteiger partial charge on any atom is 0.409 e. The lowest BCUT2D eigenvalue weighted by Gasteiger charge is -2.44. The van der Waals surface area contributed by atoms with Gasteiger partial charge in [-0.1, -0.05) is 36.7 Å². The van der Waals surface area contributed by atoms with Gasteiger partial charge in [0.15, 0.2) is 0 Å². The Morgan fingerprint density at radius 3 is 2.83 bits per heavy atom. The van der Waals surface area contributed by atoms with Gasteiger partial charge in [-0.25, -0.2) is 4.79 Å². The zero-order valence-electron chi connectivity index (χ0n) is 13.7. The lowest BCUT2D eigenvalue weighted by molar-refractivity contribution is -0.0574. The minimum atomic E-state index is -0.900. The van der Waals surface area contributed by atoms with E-state index in [0.717, 1.165) is 36.3 Å². The number of halogens is 1. The number of amides is 1. The molecule has 23 heavy (non-hydrogen) atoms. The summed E-state index contributed by atoms with van der Waals surface area (Å²) in [5, 5.41) is 10.6. The Hall–Kier alpha value is -1.26. The molecule has 4 nitrogen and oxygen atoms in total. The summed E-state index contributed by atoms with van der Waals surface area (Å²) in [5.74, 6) is 0.576. The van der Waals surface area contributed by atoms with Crippen LogP contribution in [0.3, 0.4) is 0 Å². The molecule has 0 heterocycles. The van der Waals surface area contributed by atoms with Crippen LogP contribution in [0, 0.1) is 5.92 Å². The smallest absolute Gasteiger partial charge is 0.409 e. The number of carboxylic acid groups (broad SMARTS) is 1. The van der Waals surface area contributed by atoms with Crippen LogP contribution >= 0.6 is 11.6 Å². The first-order chi connectivity index (χ1) is 11.0. The molecule has 0 aliphatic heterocycles. The van der Waals surface area contributed by atoms with Crippen LogP contribution in [0.5, 0.6) is 0 Å². The third kappa shape index (κ3) is 2.62. The molecule has 0 spiro atoms. The molecular weight excluding hydrogens is 314 g/mol. The molecule has 3 rings (SSSR count). The van der Waals surface area contributed by atoms with E-state index in [-0.39, 0.29) is 11.5 Å². The van der Waals surface area contributed by atoms with E-state index in [0.29, 0.717) is 12.3 Å². The summed E-state index contributed by atoms with van der Waals surface area (Å²) in [6.07, 6.45) is 3.40. The van der Waals surface area contributed by atoms with E-state index in [2.05, 4.69) is 6.07 Å². The standard InChI is InChI=1S/C18H24ClNO3/c1-3-16(23-2)20(17(21)22)15-10-12-8-9-18(15,11-12)13-6-4-5-7-14(13)19/h4-7,12,15-16H,3,8-11H2,1-2H3,(H,21,22)/t12?,15-,16?,18-/m1/s1. The van der Waals surface area contributed by atoms with E-state index in [1.807, 2.05) is 25.1 Å². The van der Waals surface area contributed by atoms with E-state index in [1.165, 1.54) is 0 Å². The SMILES string of the molecule is CCC(OC)N(C(=O)O)[C@@H]1CC2CC[C@]1(c1ccccc1Cl)C2. The van der Waals surface area contributed by atoms with Crippen molar-refractivity contribution in [2.75, 3.05) is 7.11 Å². The quantitative estimate of drug-likeness (QED) is 0.804. The van der Waals surface area contributed by atoms with Crippen molar-refractivity contribution in [1.82, 2.24) is 4.90 Å². The Labute approximate surface area is 142 Å². The number of hydrogen-bond acceptors (Lipinski definition) is 2. The van der Waals surface area contributed by atoms with Crippen molar-refractivity contribution in [3.63, 3.8) is 0 Å². The average Bonchev–Trinajstić information content (AvgIpc) is 3.11. The molecule has 5 heteroatoms. The van der Waals surface area contributed by atoms with E-state index >= 15 is 0 Å². The molecule has 126 valence electrons. The molecule has 1 N–H and O–H groups in total. The van der Waals surface area contributed by atoms with Crippen molar-refractivity contribution in [1.29, 1.82) is 0 Å². The molecule has 1 amide bonds. The Balaban J connectivity index is 2.04. The van der Waals surface area contributed by atoms with Gasteiger partial charge in [0, 0.05) is 23.6 Å². The second-order valence-electron chi connectivity index (χ2n) is 6.78. The van der Waals surface area contributed by atoms with Gasteiger partial charge in [-0.2, -0.15) is 0 Å². The molecule has 1 aromatic carbocycles. The molecule has 2 unspecified atom stereocenters. The van der Waals surface area contributed by atoms with Crippen molar-refractivity contribution in [3.05, 3.63) is 34.9 Å². The lowest BCUT2D eigenvalue weighted by Crippen LogP contribution is -2.54. The van der Waals surface area contributed by atoms with E-state index < -0.39 is 12.3 Å². The number of hydrogen-bond donors (Lipinski definition) is 1. The third-order valence-corrected chi connectivity index (χ3v) is 6.07. The highest BCUT2D eigenvalue weighted by atomic mass is 35.5. The normalized spacial score (nSPS) is 30.4. The van der Waals surface area contributed by atoms with Gasteiger partial charge in [0.05, 0.1) is 0 Å². The molecule has 2 bridgehead atoms.